The highest BCUT2D eigenvalue weighted by Crippen LogP contribution is 2.28. The Hall–Kier alpha value is -2.56. The average molecular weight is 465 g/mol. The lowest BCUT2D eigenvalue weighted by Gasteiger charge is -2.36. The van der Waals surface area contributed by atoms with E-state index in [0.29, 0.717) is 25.7 Å². The Labute approximate surface area is 192 Å². The van der Waals surface area contributed by atoms with E-state index >= 15 is 0 Å². The van der Waals surface area contributed by atoms with E-state index in [1.807, 2.05) is 0 Å². The molecule has 3 rings (SSSR count). The molecule has 33 heavy (non-hydrogen) atoms. The van der Waals surface area contributed by atoms with Gasteiger partial charge >= 0.3 is 0 Å². The molecule has 1 saturated heterocycles. The van der Waals surface area contributed by atoms with Gasteiger partial charge in [-0.25, -0.2) is 0 Å². The Morgan fingerprint density at radius 3 is 1.97 bits per heavy atom. The Bertz CT molecular complexity index is 903. The standard InChI is InChI=1S/C24H32O9/c25-17-9-6-14(11-19(17)27)3-1-2-4-16(8-5-15-7-10-18(26)20(28)12-15)33-24-23(31)22(30)21(29)13-32-24/h6-7,9-12,16,21-31H,1-5,8,13H2/t16-,21?,22?,23?,24?/m0/s1. The molecule has 0 aromatic heterocycles. The number of aliphatic hydroxyl groups is 3. The molecule has 1 heterocycles. The summed E-state index contributed by atoms with van der Waals surface area (Å²) in [5, 5.41) is 68.0. The van der Waals surface area contributed by atoms with Crippen LogP contribution in [0.4, 0.5) is 0 Å². The zero-order chi connectivity index (χ0) is 24.0. The highest BCUT2D eigenvalue weighted by Gasteiger charge is 2.39. The van der Waals surface area contributed by atoms with Crippen LogP contribution in [0.1, 0.15) is 36.8 Å². The van der Waals surface area contributed by atoms with Gasteiger partial charge in [-0.05, 0) is 67.5 Å². The molecule has 2 aromatic rings. The van der Waals surface area contributed by atoms with E-state index < -0.39 is 24.6 Å². The highest BCUT2D eigenvalue weighted by atomic mass is 16.7. The lowest BCUT2D eigenvalue weighted by Crippen LogP contribution is -2.54. The monoisotopic (exact) mass is 464 g/mol. The molecule has 0 amide bonds. The number of phenols is 4. The Morgan fingerprint density at radius 2 is 1.36 bits per heavy atom. The summed E-state index contributed by atoms with van der Waals surface area (Å²) in [4.78, 5) is 0. The van der Waals surface area contributed by atoms with E-state index in [0.717, 1.165) is 24.0 Å². The van der Waals surface area contributed by atoms with Crippen LogP contribution in [0.3, 0.4) is 0 Å². The van der Waals surface area contributed by atoms with Gasteiger partial charge in [0.15, 0.2) is 29.3 Å². The molecule has 1 aliphatic heterocycles. The van der Waals surface area contributed by atoms with Crippen molar-refractivity contribution in [1.82, 2.24) is 0 Å². The number of phenolic OH excluding ortho intramolecular Hbond substituents is 4. The number of unbranched alkanes of at least 4 members (excludes halogenated alkanes) is 1. The zero-order valence-corrected chi connectivity index (χ0v) is 18.2. The second-order valence-corrected chi connectivity index (χ2v) is 8.44. The first kappa shape index (κ1) is 25.1. The van der Waals surface area contributed by atoms with Gasteiger partial charge in [0, 0.05) is 0 Å². The fraction of sp³-hybridized carbons (Fsp3) is 0.500. The molecule has 0 spiro atoms. The van der Waals surface area contributed by atoms with E-state index in [1.54, 1.807) is 12.1 Å². The minimum absolute atomic E-state index is 0.147. The molecule has 182 valence electrons. The van der Waals surface area contributed by atoms with Gasteiger partial charge in [0.05, 0.1) is 12.7 Å². The minimum Gasteiger partial charge on any atom is -0.504 e. The van der Waals surface area contributed by atoms with Crippen molar-refractivity contribution in [3.05, 3.63) is 47.5 Å². The number of aliphatic hydroxyl groups excluding tert-OH is 3. The van der Waals surface area contributed by atoms with Crippen LogP contribution in [-0.4, -0.2) is 73.1 Å². The molecule has 0 aliphatic carbocycles. The van der Waals surface area contributed by atoms with Gasteiger partial charge in [0.25, 0.3) is 0 Å². The van der Waals surface area contributed by atoms with Crippen molar-refractivity contribution in [3.63, 3.8) is 0 Å². The maximum Gasteiger partial charge on any atom is 0.186 e. The quantitative estimate of drug-likeness (QED) is 0.205. The van der Waals surface area contributed by atoms with Crippen LogP contribution >= 0.6 is 0 Å². The van der Waals surface area contributed by atoms with Crippen molar-refractivity contribution in [2.45, 2.75) is 69.2 Å². The maximum atomic E-state index is 10.2. The molecule has 1 aliphatic rings. The molecule has 1 fully saturated rings. The second kappa shape index (κ2) is 11.5. The largest absolute Gasteiger partial charge is 0.504 e. The molecular formula is C24H32O9. The topological polar surface area (TPSA) is 160 Å². The van der Waals surface area contributed by atoms with Gasteiger partial charge in [-0.2, -0.15) is 0 Å². The fourth-order valence-corrected chi connectivity index (χ4v) is 3.85. The maximum absolute atomic E-state index is 10.2. The van der Waals surface area contributed by atoms with E-state index in [4.69, 9.17) is 9.47 Å². The number of aryl methyl sites for hydroxylation is 2. The summed E-state index contributed by atoms with van der Waals surface area (Å²) < 4.78 is 11.3. The third kappa shape index (κ3) is 6.96. The van der Waals surface area contributed by atoms with Crippen molar-refractivity contribution < 1.29 is 45.2 Å². The number of rotatable bonds is 10. The molecule has 4 unspecified atom stereocenters. The predicted octanol–water partition coefficient (Wildman–Crippen LogP) is 1.68. The fourth-order valence-electron chi connectivity index (χ4n) is 3.85. The summed E-state index contributed by atoms with van der Waals surface area (Å²) in [6, 6.07) is 9.33. The van der Waals surface area contributed by atoms with Crippen LogP contribution in [0.2, 0.25) is 0 Å². The van der Waals surface area contributed by atoms with Crippen molar-refractivity contribution in [3.8, 4) is 23.0 Å². The number of hydrogen-bond acceptors (Lipinski definition) is 9. The van der Waals surface area contributed by atoms with Crippen molar-refractivity contribution >= 4 is 0 Å². The van der Waals surface area contributed by atoms with Crippen LogP contribution in [0.25, 0.3) is 0 Å². The van der Waals surface area contributed by atoms with Crippen molar-refractivity contribution in [2.75, 3.05) is 6.61 Å². The Kier molecular flexibility index (Phi) is 8.76. The van der Waals surface area contributed by atoms with Gasteiger partial charge in [0.2, 0.25) is 0 Å². The van der Waals surface area contributed by atoms with E-state index in [9.17, 15) is 35.7 Å². The van der Waals surface area contributed by atoms with Crippen LogP contribution in [-0.2, 0) is 22.3 Å². The lowest BCUT2D eigenvalue weighted by atomic mass is 10.00. The van der Waals surface area contributed by atoms with Gasteiger partial charge in [-0.15, -0.1) is 0 Å². The van der Waals surface area contributed by atoms with Gasteiger partial charge in [-0.1, -0.05) is 18.6 Å². The second-order valence-electron chi connectivity index (χ2n) is 8.44. The van der Waals surface area contributed by atoms with Crippen molar-refractivity contribution in [2.24, 2.45) is 0 Å². The van der Waals surface area contributed by atoms with Gasteiger partial charge < -0.3 is 45.2 Å². The van der Waals surface area contributed by atoms with Crippen LogP contribution in [0, 0.1) is 0 Å². The summed E-state index contributed by atoms with van der Waals surface area (Å²) in [6.07, 6.45) is -1.38. The molecule has 0 saturated carbocycles. The Morgan fingerprint density at radius 1 is 0.758 bits per heavy atom. The normalized spacial score (nSPS) is 24.0. The number of aromatic hydroxyl groups is 4. The summed E-state index contributed by atoms with van der Waals surface area (Å²) >= 11 is 0. The summed E-state index contributed by atoms with van der Waals surface area (Å²) in [7, 11) is 0. The smallest absolute Gasteiger partial charge is 0.186 e. The zero-order valence-electron chi connectivity index (χ0n) is 18.2. The van der Waals surface area contributed by atoms with Crippen LogP contribution in [0.15, 0.2) is 36.4 Å². The summed E-state index contributed by atoms with van der Waals surface area (Å²) in [5.74, 6) is -0.718. The molecular weight excluding hydrogens is 432 g/mol. The van der Waals surface area contributed by atoms with E-state index in [1.165, 1.54) is 24.3 Å². The molecule has 5 atom stereocenters. The van der Waals surface area contributed by atoms with E-state index in [2.05, 4.69) is 0 Å². The Balaban J connectivity index is 1.57. The number of hydrogen-bond donors (Lipinski definition) is 7. The molecule has 2 aromatic carbocycles. The SMILES string of the molecule is Oc1ccc(CCCC[C@@H](CCc2ccc(O)c(O)c2)OC2OCC(O)C(O)C2O)cc1O. The van der Waals surface area contributed by atoms with E-state index in [-0.39, 0.29) is 35.7 Å². The van der Waals surface area contributed by atoms with Gasteiger partial charge in [-0.3, -0.25) is 0 Å². The van der Waals surface area contributed by atoms with Crippen LogP contribution in [0.5, 0.6) is 23.0 Å². The molecule has 9 nitrogen and oxygen atoms in total. The number of benzene rings is 2. The molecule has 0 bridgehead atoms. The molecule has 9 heteroatoms. The third-order valence-electron chi connectivity index (χ3n) is 5.86. The third-order valence-corrected chi connectivity index (χ3v) is 5.86. The lowest BCUT2D eigenvalue weighted by molar-refractivity contribution is -0.283. The van der Waals surface area contributed by atoms with Crippen molar-refractivity contribution in [1.29, 1.82) is 0 Å². The first-order chi connectivity index (χ1) is 15.7. The molecule has 0 radical (unpaired) electrons. The summed E-state index contributed by atoms with van der Waals surface area (Å²) in [6.45, 7) is -0.147. The number of ether oxygens (including phenoxy) is 2. The first-order valence-corrected chi connectivity index (χ1v) is 11.1. The summed E-state index contributed by atoms with van der Waals surface area (Å²) in [5.41, 5.74) is 1.70. The minimum atomic E-state index is -1.38. The molecule has 7 N–H and O–H groups in total. The highest BCUT2D eigenvalue weighted by molar-refractivity contribution is 5.41. The van der Waals surface area contributed by atoms with Crippen LogP contribution < -0.4 is 0 Å². The van der Waals surface area contributed by atoms with Gasteiger partial charge in [0.1, 0.15) is 18.3 Å². The first-order valence-electron chi connectivity index (χ1n) is 11.1. The predicted molar refractivity (Wildman–Crippen MR) is 118 cm³/mol. The average Bonchev–Trinajstić information content (AvgIpc) is 2.79.